The monoisotopic (exact) mass is 502 g/mol. The smallest absolute Gasteiger partial charge is 0.330 e. The molecule has 7 nitrogen and oxygen atoms in total. The third-order valence-electron chi connectivity index (χ3n) is 6.71. The highest BCUT2D eigenvalue weighted by Crippen LogP contribution is 2.41. The average Bonchev–Trinajstić information content (AvgIpc) is 3.21. The number of aryl methyl sites for hydroxylation is 1. The van der Waals surface area contributed by atoms with Crippen LogP contribution in [-0.2, 0) is 15.1 Å². The van der Waals surface area contributed by atoms with Gasteiger partial charge in [0.15, 0.2) is 12.4 Å². The fraction of sp³-hybridized carbons (Fsp3) is 0.241. The van der Waals surface area contributed by atoms with E-state index < -0.39 is 41.5 Å². The third kappa shape index (κ3) is 4.55. The molecule has 0 saturated carbocycles. The highest BCUT2D eigenvalue weighted by atomic mass is 19.1. The molecule has 1 saturated heterocycles. The minimum Gasteiger partial charge on any atom is -0.385 e. The van der Waals surface area contributed by atoms with Gasteiger partial charge in [0.1, 0.15) is 17.8 Å². The first-order chi connectivity index (χ1) is 17.9. The molecule has 1 aliphatic rings. The van der Waals surface area contributed by atoms with Crippen molar-refractivity contribution in [1.29, 1.82) is 0 Å². The molecule has 0 amide bonds. The Morgan fingerprint density at radius 2 is 1.41 bits per heavy atom. The molecular weight excluding hydrogens is 475 g/mol. The number of hydrogen-bond donors (Lipinski definition) is 2. The van der Waals surface area contributed by atoms with Crippen molar-refractivity contribution < 1.29 is 19.0 Å². The number of benzene rings is 3. The predicted molar refractivity (Wildman–Crippen MR) is 136 cm³/mol. The fourth-order valence-corrected chi connectivity index (χ4v) is 4.82. The van der Waals surface area contributed by atoms with Gasteiger partial charge >= 0.3 is 5.69 Å². The zero-order chi connectivity index (χ0) is 26.0. The summed E-state index contributed by atoms with van der Waals surface area (Å²) in [5.41, 5.74) is 0.314. The summed E-state index contributed by atoms with van der Waals surface area (Å²) in [6, 6.07) is 28.9. The molecule has 1 fully saturated rings. The van der Waals surface area contributed by atoms with Gasteiger partial charge in [-0.2, -0.15) is 0 Å². The van der Waals surface area contributed by atoms with Gasteiger partial charge in [0, 0.05) is 11.8 Å². The summed E-state index contributed by atoms with van der Waals surface area (Å²) in [5.74, 6) is 0. The molecule has 1 aromatic heterocycles. The van der Waals surface area contributed by atoms with E-state index in [1.807, 2.05) is 91.0 Å². The van der Waals surface area contributed by atoms with Crippen LogP contribution >= 0.6 is 0 Å². The van der Waals surface area contributed by atoms with Crippen molar-refractivity contribution in [2.45, 2.75) is 37.1 Å². The first kappa shape index (κ1) is 24.8. The number of nitrogens with one attached hydrogen (secondary N) is 1. The molecule has 4 unspecified atom stereocenters. The molecule has 190 valence electrons. The number of aromatic nitrogens is 2. The van der Waals surface area contributed by atoms with E-state index in [9.17, 15) is 14.7 Å². The lowest BCUT2D eigenvalue weighted by Crippen LogP contribution is -2.38. The molecule has 0 bridgehead atoms. The van der Waals surface area contributed by atoms with Gasteiger partial charge in [-0.15, -0.1) is 0 Å². The van der Waals surface area contributed by atoms with Crippen molar-refractivity contribution >= 4 is 0 Å². The Labute approximate surface area is 212 Å². The number of aliphatic hydroxyl groups excluding tert-OH is 1. The topological polar surface area (TPSA) is 93.6 Å². The SMILES string of the molecule is Cc1cn(C2OC(COC(c3ccccc3)(c3ccccc3)c3ccccc3)C(F)C2O)c(=O)[nH]c1=O. The Morgan fingerprint density at radius 3 is 1.89 bits per heavy atom. The maximum absolute atomic E-state index is 15.4. The van der Waals surface area contributed by atoms with Gasteiger partial charge < -0.3 is 14.6 Å². The maximum Gasteiger partial charge on any atom is 0.330 e. The summed E-state index contributed by atoms with van der Waals surface area (Å²) < 4.78 is 28.8. The van der Waals surface area contributed by atoms with Crippen LogP contribution in [-0.4, -0.2) is 39.6 Å². The van der Waals surface area contributed by atoms with Crippen molar-refractivity contribution in [3.05, 3.63) is 140 Å². The average molecular weight is 503 g/mol. The van der Waals surface area contributed by atoms with Crippen molar-refractivity contribution in [2.24, 2.45) is 0 Å². The number of hydrogen-bond acceptors (Lipinski definition) is 5. The largest absolute Gasteiger partial charge is 0.385 e. The molecular formula is C29H27FN2O5. The number of aromatic amines is 1. The lowest BCUT2D eigenvalue weighted by atomic mass is 9.80. The van der Waals surface area contributed by atoms with Crippen LogP contribution in [0.4, 0.5) is 4.39 Å². The standard InChI is InChI=1S/C29H27FN2O5/c1-19-17-32(28(35)31-26(19)34)27-25(33)24(30)23(37-27)18-36-29(20-11-5-2-6-12-20,21-13-7-3-8-14-21)22-15-9-4-10-16-22/h2-17,23-25,27,33H,18H2,1H3,(H,31,34,35). The highest BCUT2D eigenvalue weighted by molar-refractivity contribution is 5.47. The number of halogens is 1. The molecule has 4 atom stereocenters. The highest BCUT2D eigenvalue weighted by Gasteiger charge is 2.47. The third-order valence-corrected chi connectivity index (χ3v) is 6.71. The molecule has 0 radical (unpaired) electrons. The van der Waals surface area contributed by atoms with Gasteiger partial charge in [-0.3, -0.25) is 14.3 Å². The van der Waals surface area contributed by atoms with Crippen molar-refractivity contribution in [3.8, 4) is 0 Å². The number of aliphatic hydroxyl groups is 1. The Morgan fingerprint density at radius 1 is 0.919 bits per heavy atom. The molecule has 3 aromatic carbocycles. The molecule has 5 rings (SSSR count). The van der Waals surface area contributed by atoms with Gasteiger partial charge in [-0.05, 0) is 23.6 Å². The van der Waals surface area contributed by atoms with Crippen molar-refractivity contribution in [3.63, 3.8) is 0 Å². The molecule has 0 spiro atoms. The minimum atomic E-state index is -1.83. The normalized spacial score (nSPS) is 21.7. The summed E-state index contributed by atoms with van der Waals surface area (Å²) >= 11 is 0. The predicted octanol–water partition coefficient (Wildman–Crippen LogP) is 3.45. The number of rotatable bonds is 7. The Hall–Kier alpha value is -3.85. The van der Waals surface area contributed by atoms with Crippen LogP contribution < -0.4 is 11.2 Å². The Bertz CT molecular complexity index is 1360. The van der Waals surface area contributed by atoms with Gasteiger partial charge in [0.2, 0.25) is 0 Å². The van der Waals surface area contributed by atoms with E-state index in [1.165, 1.54) is 13.1 Å². The summed E-state index contributed by atoms with van der Waals surface area (Å²) in [5, 5.41) is 10.6. The van der Waals surface area contributed by atoms with Crippen LogP contribution in [0.5, 0.6) is 0 Å². The first-order valence-corrected chi connectivity index (χ1v) is 12.0. The lowest BCUT2D eigenvalue weighted by Gasteiger charge is -2.36. The van der Waals surface area contributed by atoms with E-state index >= 15 is 4.39 Å². The van der Waals surface area contributed by atoms with E-state index in [4.69, 9.17) is 9.47 Å². The summed E-state index contributed by atoms with van der Waals surface area (Å²) in [6.07, 6.45) is -4.69. The quantitative estimate of drug-likeness (QED) is 0.378. The molecule has 1 aliphatic heterocycles. The van der Waals surface area contributed by atoms with Crippen LogP contribution in [0.15, 0.2) is 107 Å². The summed E-state index contributed by atoms with van der Waals surface area (Å²) in [6.45, 7) is 1.29. The Kier molecular flexibility index (Phi) is 6.88. The lowest BCUT2D eigenvalue weighted by molar-refractivity contribution is -0.0914. The molecule has 0 aliphatic carbocycles. The van der Waals surface area contributed by atoms with E-state index in [1.54, 1.807) is 0 Å². The maximum atomic E-state index is 15.4. The van der Waals surface area contributed by atoms with E-state index in [-0.39, 0.29) is 12.2 Å². The van der Waals surface area contributed by atoms with Gasteiger partial charge in [-0.1, -0.05) is 91.0 Å². The van der Waals surface area contributed by atoms with E-state index in [2.05, 4.69) is 4.98 Å². The van der Waals surface area contributed by atoms with Crippen LogP contribution in [0.2, 0.25) is 0 Å². The number of ether oxygens (including phenoxy) is 2. The zero-order valence-electron chi connectivity index (χ0n) is 20.2. The summed E-state index contributed by atoms with van der Waals surface area (Å²) in [4.78, 5) is 26.3. The number of alkyl halides is 1. The fourth-order valence-electron chi connectivity index (χ4n) is 4.82. The molecule has 2 N–H and O–H groups in total. The number of nitrogens with zero attached hydrogens (tertiary/aromatic N) is 1. The second-order valence-corrected chi connectivity index (χ2v) is 9.07. The molecule has 8 heteroatoms. The van der Waals surface area contributed by atoms with Gasteiger partial charge in [0.25, 0.3) is 5.56 Å². The second-order valence-electron chi connectivity index (χ2n) is 9.07. The molecule has 37 heavy (non-hydrogen) atoms. The second kappa shape index (κ2) is 10.3. The number of H-pyrrole nitrogens is 1. The van der Waals surface area contributed by atoms with Gasteiger partial charge in [-0.25, -0.2) is 9.18 Å². The minimum absolute atomic E-state index is 0.218. The van der Waals surface area contributed by atoms with Crippen LogP contribution in [0.3, 0.4) is 0 Å². The van der Waals surface area contributed by atoms with E-state index in [0.717, 1.165) is 21.3 Å². The molecule has 2 heterocycles. The Balaban J connectivity index is 1.53. The van der Waals surface area contributed by atoms with Crippen molar-refractivity contribution in [2.75, 3.05) is 6.61 Å². The first-order valence-electron chi connectivity index (χ1n) is 12.0. The van der Waals surface area contributed by atoms with Gasteiger partial charge in [0.05, 0.1) is 6.61 Å². The molecule has 4 aromatic rings. The van der Waals surface area contributed by atoms with Crippen LogP contribution in [0.25, 0.3) is 0 Å². The summed E-state index contributed by atoms with van der Waals surface area (Å²) in [7, 11) is 0. The van der Waals surface area contributed by atoms with Crippen molar-refractivity contribution in [1.82, 2.24) is 9.55 Å². The zero-order valence-corrected chi connectivity index (χ0v) is 20.2. The van der Waals surface area contributed by atoms with Crippen LogP contribution in [0.1, 0.15) is 28.5 Å². The van der Waals surface area contributed by atoms with E-state index in [0.29, 0.717) is 0 Å². The van der Waals surface area contributed by atoms with Crippen LogP contribution in [0, 0.1) is 6.92 Å².